The molecule has 0 amide bonds. The summed E-state index contributed by atoms with van der Waals surface area (Å²) in [6, 6.07) is 10.8. The van der Waals surface area contributed by atoms with Gasteiger partial charge >= 0.3 is 0 Å². The van der Waals surface area contributed by atoms with Gasteiger partial charge in [0.15, 0.2) is 0 Å². The van der Waals surface area contributed by atoms with Crippen molar-refractivity contribution in [2.24, 2.45) is 11.1 Å². The molecule has 1 atom stereocenters. The maximum Gasteiger partial charge on any atom is 0.0233 e. The number of nitrogens with zero attached hydrogens (tertiary/aromatic N) is 1. The van der Waals surface area contributed by atoms with E-state index in [1.165, 1.54) is 50.8 Å². The molecule has 2 rings (SSSR count). The molecule has 0 radical (unpaired) electrons. The molecule has 106 valence electrons. The predicted octanol–water partition coefficient (Wildman–Crippen LogP) is 3.42. The molecule has 0 aliphatic carbocycles. The lowest BCUT2D eigenvalue weighted by atomic mass is 9.75. The Morgan fingerprint density at radius 1 is 1.16 bits per heavy atom. The van der Waals surface area contributed by atoms with Gasteiger partial charge in [-0.15, -0.1) is 0 Å². The summed E-state index contributed by atoms with van der Waals surface area (Å²) in [6.45, 7) is 6.74. The Morgan fingerprint density at radius 2 is 1.95 bits per heavy atom. The molecule has 0 aromatic heterocycles. The van der Waals surface area contributed by atoms with Crippen molar-refractivity contribution < 1.29 is 0 Å². The van der Waals surface area contributed by atoms with Crippen molar-refractivity contribution in [2.45, 2.75) is 45.6 Å². The van der Waals surface area contributed by atoms with Crippen molar-refractivity contribution >= 4 is 0 Å². The highest BCUT2D eigenvalue weighted by Gasteiger charge is 2.29. The molecule has 1 aromatic rings. The summed E-state index contributed by atoms with van der Waals surface area (Å²) in [6.07, 6.45) is 6.46. The molecule has 0 saturated carbocycles. The van der Waals surface area contributed by atoms with E-state index in [0.29, 0.717) is 5.41 Å². The van der Waals surface area contributed by atoms with Crippen molar-refractivity contribution in [3.8, 4) is 0 Å². The molecule has 2 nitrogen and oxygen atoms in total. The standard InChI is InChI=1S/C17H28N2/c1-2-17(10-12-18)9-6-13-19(14-11-17)15-16-7-4-3-5-8-16/h3-5,7-8H,2,6,9-15,18H2,1H3. The van der Waals surface area contributed by atoms with Crippen molar-refractivity contribution in [1.82, 2.24) is 4.90 Å². The molecule has 0 spiro atoms. The molecule has 1 aliphatic rings. The molecule has 1 fully saturated rings. The molecular weight excluding hydrogens is 232 g/mol. The second-order valence-electron chi connectivity index (χ2n) is 6.01. The molecule has 1 aliphatic heterocycles. The van der Waals surface area contributed by atoms with Crippen molar-refractivity contribution in [2.75, 3.05) is 19.6 Å². The maximum absolute atomic E-state index is 5.82. The van der Waals surface area contributed by atoms with E-state index in [-0.39, 0.29) is 0 Å². The molecular formula is C17H28N2. The molecule has 1 saturated heterocycles. The highest BCUT2D eigenvalue weighted by Crippen LogP contribution is 2.37. The first kappa shape index (κ1) is 14.5. The molecule has 2 heteroatoms. The third kappa shape index (κ3) is 4.05. The number of benzene rings is 1. The second-order valence-corrected chi connectivity index (χ2v) is 6.01. The van der Waals surface area contributed by atoms with Crippen molar-refractivity contribution in [3.63, 3.8) is 0 Å². The highest BCUT2D eigenvalue weighted by molar-refractivity contribution is 5.14. The first-order valence-corrected chi connectivity index (χ1v) is 7.74. The molecule has 1 heterocycles. The minimum Gasteiger partial charge on any atom is -0.330 e. The second kappa shape index (κ2) is 7.06. The van der Waals surface area contributed by atoms with E-state index in [1.807, 2.05) is 0 Å². The zero-order chi connectivity index (χ0) is 13.6. The lowest BCUT2D eigenvalue weighted by Gasteiger charge is -2.31. The van der Waals surface area contributed by atoms with E-state index in [4.69, 9.17) is 5.73 Å². The fourth-order valence-corrected chi connectivity index (χ4v) is 3.40. The average Bonchev–Trinajstić information content (AvgIpc) is 2.64. The van der Waals surface area contributed by atoms with Crippen LogP contribution in [0.1, 0.15) is 44.6 Å². The summed E-state index contributed by atoms with van der Waals surface area (Å²) < 4.78 is 0. The summed E-state index contributed by atoms with van der Waals surface area (Å²) >= 11 is 0. The fourth-order valence-electron chi connectivity index (χ4n) is 3.40. The SMILES string of the molecule is CCC1(CCN)CCCN(Cc2ccccc2)CC1. The van der Waals surface area contributed by atoms with Gasteiger partial charge in [-0.3, -0.25) is 4.90 Å². The van der Waals surface area contributed by atoms with Gasteiger partial charge in [0.2, 0.25) is 0 Å². The predicted molar refractivity (Wildman–Crippen MR) is 82.0 cm³/mol. The van der Waals surface area contributed by atoms with Crippen LogP contribution in [0, 0.1) is 5.41 Å². The van der Waals surface area contributed by atoms with Crippen LogP contribution in [-0.4, -0.2) is 24.5 Å². The van der Waals surface area contributed by atoms with E-state index in [2.05, 4.69) is 42.2 Å². The van der Waals surface area contributed by atoms with Crippen molar-refractivity contribution in [3.05, 3.63) is 35.9 Å². The Morgan fingerprint density at radius 3 is 2.63 bits per heavy atom. The van der Waals surface area contributed by atoms with Gasteiger partial charge in [0.1, 0.15) is 0 Å². The normalized spacial score (nSPS) is 25.2. The third-order valence-electron chi connectivity index (χ3n) is 4.81. The summed E-state index contributed by atoms with van der Waals surface area (Å²) in [4.78, 5) is 2.61. The van der Waals surface area contributed by atoms with E-state index in [1.54, 1.807) is 0 Å². The Hall–Kier alpha value is -0.860. The Bertz CT molecular complexity index is 363. The minimum absolute atomic E-state index is 0.514. The van der Waals surface area contributed by atoms with Crippen LogP contribution in [0.25, 0.3) is 0 Å². The van der Waals surface area contributed by atoms with E-state index >= 15 is 0 Å². The Labute approximate surface area is 118 Å². The maximum atomic E-state index is 5.82. The van der Waals surface area contributed by atoms with Gasteiger partial charge in [0.25, 0.3) is 0 Å². The summed E-state index contributed by atoms with van der Waals surface area (Å²) in [5.74, 6) is 0. The number of likely N-dealkylation sites (tertiary alicyclic amines) is 1. The van der Waals surface area contributed by atoms with Crippen LogP contribution in [-0.2, 0) is 6.54 Å². The van der Waals surface area contributed by atoms with Crippen LogP contribution in [0.2, 0.25) is 0 Å². The van der Waals surface area contributed by atoms with Gasteiger partial charge in [-0.25, -0.2) is 0 Å². The topological polar surface area (TPSA) is 29.3 Å². The van der Waals surface area contributed by atoms with Crippen LogP contribution < -0.4 is 5.73 Å². The number of hydrogen-bond donors (Lipinski definition) is 1. The van der Waals surface area contributed by atoms with Gasteiger partial charge < -0.3 is 5.73 Å². The van der Waals surface area contributed by atoms with E-state index in [0.717, 1.165) is 13.1 Å². The van der Waals surface area contributed by atoms with Gasteiger partial charge in [-0.05, 0) is 56.3 Å². The smallest absolute Gasteiger partial charge is 0.0233 e. The summed E-state index contributed by atoms with van der Waals surface area (Å²) in [5, 5.41) is 0. The van der Waals surface area contributed by atoms with Crippen LogP contribution in [0.3, 0.4) is 0 Å². The van der Waals surface area contributed by atoms with E-state index < -0.39 is 0 Å². The van der Waals surface area contributed by atoms with Crippen LogP contribution in [0.15, 0.2) is 30.3 Å². The highest BCUT2D eigenvalue weighted by atomic mass is 15.1. The molecule has 19 heavy (non-hydrogen) atoms. The molecule has 2 N–H and O–H groups in total. The monoisotopic (exact) mass is 260 g/mol. The number of rotatable bonds is 5. The quantitative estimate of drug-likeness (QED) is 0.879. The van der Waals surface area contributed by atoms with Crippen LogP contribution >= 0.6 is 0 Å². The van der Waals surface area contributed by atoms with Gasteiger partial charge in [-0.2, -0.15) is 0 Å². The summed E-state index contributed by atoms with van der Waals surface area (Å²) in [7, 11) is 0. The van der Waals surface area contributed by atoms with Gasteiger partial charge in [-0.1, -0.05) is 43.7 Å². The van der Waals surface area contributed by atoms with Gasteiger partial charge in [0, 0.05) is 6.54 Å². The van der Waals surface area contributed by atoms with Crippen LogP contribution in [0.5, 0.6) is 0 Å². The number of nitrogens with two attached hydrogens (primary N) is 1. The largest absolute Gasteiger partial charge is 0.330 e. The van der Waals surface area contributed by atoms with Crippen molar-refractivity contribution in [1.29, 1.82) is 0 Å². The molecule has 1 unspecified atom stereocenters. The molecule has 0 bridgehead atoms. The third-order valence-corrected chi connectivity index (χ3v) is 4.81. The lowest BCUT2D eigenvalue weighted by Crippen LogP contribution is -2.27. The fraction of sp³-hybridized carbons (Fsp3) is 0.647. The minimum atomic E-state index is 0.514. The average molecular weight is 260 g/mol. The zero-order valence-corrected chi connectivity index (χ0v) is 12.3. The first-order chi connectivity index (χ1) is 9.28. The Kier molecular flexibility index (Phi) is 5.41. The molecule has 1 aromatic carbocycles. The summed E-state index contributed by atoms with van der Waals surface area (Å²) in [5.41, 5.74) is 7.77. The first-order valence-electron chi connectivity index (χ1n) is 7.74. The van der Waals surface area contributed by atoms with Crippen LogP contribution in [0.4, 0.5) is 0 Å². The zero-order valence-electron chi connectivity index (χ0n) is 12.3. The van der Waals surface area contributed by atoms with Gasteiger partial charge in [0.05, 0.1) is 0 Å². The Balaban J connectivity index is 1.93. The lowest BCUT2D eigenvalue weighted by molar-refractivity contribution is 0.205. The number of hydrogen-bond acceptors (Lipinski definition) is 2. The van der Waals surface area contributed by atoms with E-state index in [9.17, 15) is 0 Å².